The smallest absolute Gasteiger partial charge is 0.351 e. The number of piperidine rings is 1. The number of ether oxygens (including phenoxy) is 1. The van der Waals surface area contributed by atoms with Crippen molar-refractivity contribution in [2.75, 3.05) is 20.1 Å². The lowest BCUT2D eigenvalue weighted by Gasteiger charge is -2.35. The van der Waals surface area contributed by atoms with E-state index in [4.69, 9.17) is 4.74 Å². The van der Waals surface area contributed by atoms with Gasteiger partial charge in [0.2, 0.25) is 5.60 Å². The number of carbonyl (C=O) groups excluding carboxylic acids is 1. The zero-order valence-corrected chi connectivity index (χ0v) is 14.8. The molecule has 1 saturated heterocycles. The van der Waals surface area contributed by atoms with Gasteiger partial charge in [-0.15, -0.1) is 0 Å². The number of rotatable bonds is 3. The van der Waals surface area contributed by atoms with Gasteiger partial charge in [-0.3, -0.25) is 0 Å². The summed E-state index contributed by atoms with van der Waals surface area (Å²) in [6.45, 7) is 5.79. The lowest BCUT2D eigenvalue weighted by molar-refractivity contribution is -0.173. The van der Waals surface area contributed by atoms with Crippen LogP contribution in [0.5, 0.6) is 0 Å². The summed E-state index contributed by atoms with van der Waals surface area (Å²) in [6.07, 6.45) is 6.57. The Morgan fingerprint density at radius 1 is 1.17 bits per heavy atom. The van der Waals surface area contributed by atoms with Crippen molar-refractivity contribution in [1.29, 1.82) is 0 Å². The zero-order chi connectivity index (χ0) is 16.9. The van der Waals surface area contributed by atoms with Crippen molar-refractivity contribution in [2.24, 2.45) is 11.8 Å². The number of likely N-dealkylation sites (tertiary alicyclic amines) is 1. The molecule has 23 heavy (non-hydrogen) atoms. The average Bonchev–Trinajstić information content (AvgIpc) is 2.55. The van der Waals surface area contributed by atoms with Crippen molar-refractivity contribution in [3.8, 4) is 11.8 Å². The molecule has 1 heterocycles. The van der Waals surface area contributed by atoms with Gasteiger partial charge in [-0.2, -0.15) is 0 Å². The van der Waals surface area contributed by atoms with E-state index in [-0.39, 0.29) is 17.9 Å². The molecule has 1 N–H and O–H groups in total. The minimum atomic E-state index is -1.63. The van der Waals surface area contributed by atoms with Crippen molar-refractivity contribution in [3.05, 3.63) is 0 Å². The molecule has 2 rings (SSSR count). The van der Waals surface area contributed by atoms with Gasteiger partial charge in [0.05, 0.1) is 0 Å². The molecule has 1 saturated carbocycles. The normalized spacial score (nSPS) is 23.9. The van der Waals surface area contributed by atoms with Gasteiger partial charge in [-0.1, -0.05) is 45.0 Å². The molecule has 1 aliphatic heterocycles. The fourth-order valence-electron chi connectivity index (χ4n) is 3.44. The quantitative estimate of drug-likeness (QED) is 0.641. The Morgan fingerprint density at radius 2 is 1.78 bits per heavy atom. The molecular weight excluding hydrogens is 290 g/mol. The van der Waals surface area contributed by atoms with E-state index < -0.39 is 11.6 Å². The molecule has 130 valence electrons. The van der Waals surface area contributed by atoms with E-state index in [1.807, 2.05) is 13.8 Å². The summed E-state index contributed by atoms with van der Waals surface area (Å²) in [5, 5.41) is 11.1. The van der Waals surface area contributed by atoms with Gasteiger partial charge in [-0.25, -0.2) is 4.79 Å². The first-order chi connectivity index (χ1) is 10.9. The fraction of sp³-hybridized carbons (Fsp3) is 0.842. The number of hydrogen-bond acceptors (Lipinski definition) is 4. The van der Waals surface area contributed by atoms with Crippen LogP contribution in [0.15, 0.2) is 0 Å². The van der Waals surface area contributed by atoms with Gasteiger partial charge >= 0.3 is 5.97 Å². The Balaban J connectivity index is 2.09. The standard InChI is InChI=1S/C19H31NO3/c1-15(2)9-12-19(22,16-7-5-4-6-8-16)18(21)23-17-10-13-20(3)14-11-17/h15-17,22H,4-8,10-11,13-14H2,1-3H3. The van der Waals surface area contributed by atoms with Crippen LogP contribution in [0.1, 0.15) is 58.8 Å². The SMILES string of the molecule is CC(C)C#CC(O)(C(=O)OC1CCN(C)CC1)C1CCCCC1. The number of nitrogens with zero attached hydrogens (tertiary/aromatic N) is 1. The minimum absolute atomic E-state index is 0.0883. The van der Waals surface area contributed by atoms with E-state index in [0.717, 1.165) is 51.6 Å². The van der Waals surface area contributed by atoms with Crippen molar-refractivity contribution < 1.29 is 14.6 Å². The zero-order valence-electron chi connectivity index (χ0n) is 14.8. The van der Waals surface area contributed by atoms with Gasteiger partial charge in [0.15, 0.2) is 0 Å². The van der Waals surface area contributed by atoms with E-state index in [2.05, 4.69) is 23.8 Å². The predicted molar refractivity (Wildman–Crippen MR) is 90.7 cm³/mol. The van der Waals surface area contributed by atoms with Gasteiger partial charge in [-0.05, 0) is 32.7 Å². The molecule has 0 spiro atoms. The van der Waals surface area contributed by atoms with E-state index in [9.17, 15) is 9.90 Å². The van der Waals surface area contributed by atoms with E-state index in [0.29, 0.717) is 0 Å². The Kier molecular flexibility index (Phi) is 6.50. The number of esters is 1. The van der Waals surface area contributed by atoms with Crippen molar-refractivity contribution in [3.63, 3.8) is 0 Å². The molecule has 0 bridgehead atoms. The Morgan fingerprint density at radius 3 is 2.35 bits per heavy atom. The Labute approximate surface area is 140 Å². The fourth-order valence-corrected chi connectivity index (χ4v) is 3.44. The van der Waals surface area contributed by atoms with Crippen LogP contribution in [0.2, 0.25) is 0 Å². The van der Waals surface area contributed by atoms with Crippen LogP contribution in [-0.2, 0) is 9.53 Å². The summed E-state index contributed by atoms with van der Waals surface area (Å²) >= 11 is 0. The minimum Gasteiger partial charge on any atom is -0.459 e. The lowest BCUT2D eigenvalue weighted by atomic mass is 9.77. The summed E-state index contributed by atoms with van der Waals surface area (Å²) in [6, 6.07) is 0. The lowest BCUT2D eigenvalue weighted by Crippen LogP contribution is -2.49. The Hall–Kier alpha value is -1.05. The van der Waals surface area contributed by atoms with Crippen LogP contribution in [0.3, 0.4) is 0 Å². The molecule has 0 aromatic rings. The first-order valence-corrected chi connectivity index (χ1v) is 9.06. The second kappa shape index (κ2) is 8.17. The number of hydrogen-bond donors (Lipinski definition) is 1. The highest BCUT2D eigenvalue weighted by atomic mass is 16.6. The third-order valence-electron chi connectivity index (χ3n) is 5.00. The second-order valence-electron chi connectivity index (χ2n) is 7.43. The third-order valence-corrected chi connectivity index (χ3v) is 5.00. The first-order valence-electron chi connectivity index (χ1n) is 9.06. The van der Waals surface area contributed by atoms with E-state index in [1.165, 1.54) is 6.42 Å². The first kappa shape index (κ1) is 18.3. The summed E-state index contributed by atoms with van der Waals surface area (Å²) < 4.78 is 5.67. The average molecular weight is 321 g/mol. The van der Waals surface area contributed by atoms with Crippen LogP contribution in [0.25, 0.3) is 0 Å². The maximum absolute atomic E-state index is 12.7. The van der Waals surface area contributed by atoms with E-state index in [1.54, 1.807) is 0 Å². The molecule has 0 amide bonds. The highest BCUT2D eigenvalue weighted by Gasteiger charge is 2.45. The van der Waals surface area contributed by atoms with Crippen LogP contribution < -0.4 is 0 Å². The number of carbonyl (C=O) groups is 1. The monoisotopic (exact) mass is 321 g/mol. The molecule has 0 aromatic heterocycles. The van der Waals surface area contributed by atoms with Gasteiger partial charge in [0.25, 0.3) is 0 Å². The highest BCUT2D eigenvalue weighted by Crippen LogP contribution is 2.34. The summed E-state index contributed by atoms with van der Waals surface area (Å²) in [7, 11) is 2.07. The molecule has 1 atom stereocenters. The predicted octanol–water partition coefficient (Wildman–Crippen LogP) is 2.59. The molecule has 2 fully saturated rings. The summed E-state index contributed by atoms with van der Waals surface area (Å²) in [5.41, 5.74) is -1.63. The van der Waals surface area contributed by atoms with Gasteiger partial charge < -0.3 is 14.7 Å². The summed E-state index contributed by atoms with van der Waals surface area (Å²) in [4.78, 5) is 15.0. The second-order valence-corrected chi connectivity index (χ2v) is 7.43. The van der Waals surface area contributed by atoms with Crippen LogP contribution in [-0.4, -0.2) is 47.8 Å². The molecule has 1 aliphatic carbocycles. The van der Waals surface area contributed by atoms with Crippen LogP contribution >= 0.6 is 0 Å². The molecule has 1 unspecified atom stereocenters. The molecule has 4 nitrogen and oxygen atoms in total. The van der Waals surface area contributed by atoms with Crippen molar-refractivity contribution >= 4 is 5.97 Å². The molecule has 0 aromatic carbocycles. The number of aliphatic hydroxyl groups is 1. The van der Waals surface area contributed by atoms with Crippen LogP contribution in [0.4, 0.5) is 0 Å². The summed E-state index contributed by atoms with van der Waals surface area (Å²) in [5.74, 6) is 5.39. The molecule has 4 heteroatoms. The maximum Gasteiger partial charge on any atom is 0.351 e. The molecule has 0 radical (unpaired) electrons. The third kappa shape index (κ3) is 4.96. The Bertz CT molecular complexity index is 451. The molecule has 2 aliphatic rings. The van der Waals surface area contributed by atoms with Crippen molar-refractivity contribution in [1.82, 2.24) is 4.90 Å². The molecular formula is C19H31NO3. The van der Waals surface area contributed by atoms with E-state index >= 15 is 0 Å². The largest absolute Gasteiger partial charge is 0.459 e. The topological polar surface area (TPSA) is 49.8 Å². The van der Waals surface area contributed by atoms with Crippen LogP contribution in [0, 0.1) is 23.7 Å². The maximum atomic E-state index is 12.7. The van der Waals surface area contributed by atoms with Gasteiger partial charge in [0.1, 0.15) is 6.10 Å². The van der Waals surface area contributed by atoms with Crippen molar-refractivity contribution in [2.45, 2.75) is 70.5 Å². The highest BCUT2D eigenvalue weighted by molar-refractivity contribution is 5.84. The van der Waals surface area contributed by atoms with Gasteiger partial charge in [0, 0.05) is 24.9 Å².